The zero-order chi connectivity index (χ0) is 14.4. The Morgan fingerprint density at radius 3 is 2.37 bits per heavy atom. The molecule has 0 saturated carbocycles. The molecular formula is C16H25NO2. The summed E-state index contributed by atoms with van der Waals surface area (Å²) >= 11 is 0. The number of nitrogens with zero attached hydrogens (tertiary/aromatic N) is 1. The first-order valence-corrected chi connectivity index (χ1v) is 7.00. The molecule has 2 atom stereocenters. The van der Waals surface area contributed by atoms with Crippen LogP contribution in [-0.2, 0) is 11.2 Å². The fourth-order valence-electron chi connectivity index (χ4n) is 2.23. The summed E-state index contributed by atoms with van der Waals surface area (Å²) in [6.45, 7) is 6.16. The van der Waals surface area contributed by atoms with E-state index in [1.165, 1.54) is 0 Å². The van der Waals surface area contributed by atoms with Crippen molar-refractivity contribution in [2.45, 2.75) is 46.1 Å². The average molecular weight is 263 g/mol. The summed E-state index contributed by atoms with van der Waals surface area (Å²) < 4.78 is 0. The van der Waals surface area contributed by atoms with Gasteiger partial charge < -0.3 is 10.0 Å². The van der Waals surface area contributed by atoms with E-state index in [-0.39, 0.29) is 23.6 Å². The molecule has 1 N–H and O–H groups in total. The molecule has 0 spiro atoms. The van der Waals surface area contributed by atoms with Crippen LogP contribution in [0.25, 0.3) is 0 Å². The Balaban J connectivity index is 2.59. The lowest BCUT2D eigenvalue weighted by Crippen LogP contribution is -2.39. The molecule has 1 rings (SSSR count). The number of aromatic hydroxyl groups is 1. The van der Waals surface area contributed by atoms with Gasteiger partial charge in [-0.25, -0.2) is 0 Å². The smallest absolute Gasteiger partial charge is 0.225 e. The van der Waals surface area contributed by atoms with Gasteiger partial charge in [0.05, 0.1) is 0 Å². The highest BCUT2D eigenvalue weighted by Gasteiger charge is 2.20. The Labute approximate surface area is 116 Å². The van der Waals surface area contributed by atoms with E-state index in [4.69, 9.17) is 0 Å². The molecule has 0 radical (unpaired) electrons. The van der Waals surface area contributed by atoms with Gasteiger partial charge in [0.25, 0.3) is 0 Å². The average Bonchev–Trinajstić information content (AvgIpc) is 2.39. The van der Waals surface area contributed by atoms with Crippen LogP contribution in [0.2, 0.25) is 0 Å². The normalized spacial score (nSPS) is 13.9. The van der Waals surface area contributed by atoms with Crippen LogP contribution in [0.1, 0.15) is 39.2 Å². The van der Waals surface area contributed by atoms with Gasteiger partial charge in [-0.2, -0.15) is 0 Å². The van der Waals surface area contributed by atoms with Crippen molar-refractivity contribution in [3.63, 3.8) is 0 Å². The lowest BCUT2D eigenvalue weighted by Gasteiger charge is -2.27. The third kappa shape index (κ3) is 4.58. The molecule has 0 aliphatic carbocycles. The van der Waals surface area contributed by atoms with Crippen molar-refractivity contribution in [2.75, 3.05) is 7.05 Å². The summed E-state index contributed by atoms with van der Waals surface area (Å²) in [5.74, 6) is 0.586. The summed E-state index contributed by atoms with van der Waals surface area (Å²) in [7, 11) is 1.87. The molecule has 0 fully saturated rings. The third-order valence-electron chi connectivity index (χ3n) is 3.62. The first kappa shape index (κ1) is 15.5. The summed E-state index contributed by atoms with van der Waals surface area (Å²) in [4.78, 5) is 14.0. The molecular weight excluding hydrogens is 238 g/mol. The number of carbonyl (C=O) groups is 1. The Hall–Kier alpha value is -1.51. The highest BCUT2D eigenvalue weighted by Crippen LogP contribution is 2.15. The maximum atomic E-state index is 12.2. The monoisotopic (exact) mass is 263 g/mol. The first-order chi connectivity index (χ1) is 8.95. The predicted octanol–water partition coefficient (Wildman–Crippen LogP) is 3.22. The maximum absolute atomic E-state index is 12.2. The van der Waals surface area contributed by atoms with Gasteiger partial charge >= 0.3 is 0 Å². The topological polar surface area (TPSA) is 40.5 Å². The molecule has 19 heavy (non-hydrogen) atoms. The van der Waals surface area contributed by atoms with Crippen molar-refractivity contribution < 1.29 is 9.90 Å². The lowest BCUT2D eigenvalue weighted by atomic mass is 10.0. The van der Waals surface area contributed by atoms with Gasteiger partial charge in [0.15, 0.2) is 0 Å². The van der Waals surface area contributed by atoms with Crippen LogP contribution in [0.5, 0.6) is 5.75 Å². The zero-order valence-corrected chi connectivity index (χ0v) is 12.4. The van der Waals surface area contributed by atoms with Crippen LogP contribution in [0, 0.1) is 5.92 Å². The molecule has 3 heteroatoms. The number of rotatable bonds is 6. The molecule has 3 nitrogen and oxygen atoms in total. The predicted molar refractivity (Wildman–Crippen MR) is 78.1 cm³/mol. The van der Waals surface area contributed by atoms with E-state index in [0.717, 1.165) is 24.8 Å². The molecule has 0 aliphatic heterocycles. The maximum Gasteiger partial charge on any atom is 0.225 e. The van der Waals surface area contributed by atoms with Gasteiger partial charge in [-0.05, 0) is 37.5 Å². The first-order valence-electron chi connectivity index (χ1n) is 7.00. The van der Waals surface area contributed by atoms with E-state index in [2.05, 4.69) is 13.8 Å². The third-order valence-corrected chi connectivity index (χ3v) is 3.62. The van der Waals surface area contributed by atoms with Crippen molar-refractivity contribution in [3.8, 4) is 5.75 Å². The summed E-state index contributed by atoms with van der Waals surface area (Å²) in [6, 6.07) is 7.34. The molecule has 1 aromatic rings. The molecule has 0 aromatic heterocycles. The van der Waals surface area contributed by atoms with Crippen molar-refractivity contribution >= 4 is 5.91 Å². The quantitative estimate of drug-likeness (QED) is 0.856. The number of phenols is 1. The number of amides is 1. The van der Waals surface area contributed by atoms with Gasteiger partial charge in [0, 0.05) is 19.0 Å². The minimum absolute atomic E-state index is 0.0947. The van der Waals surface area contributed by atoms with Crippen LogP contribution in [0.15, 0.2) is 24.3 Å². The number of hydrogen-bond donors (Lipinski definition) is 1. The van der Waals surface area contributed by atoms with Crippen LogP contribution in [0.3, 0.4) is 0 Å². The molecule has 1 aromatic carbocycles. The largest absolute Gasteiger partial charge is 0.508 e. The van der Waals surface area contributed by atoms with E-state index in [1.807, 2.05) is 31.0 Å². The van der Waals surface area contributed by atoms with E-state index < -0.39 is 0 Å². The summed E-state index contributed by atoms with van der Waals surface area (Å²) in [5, 5.41) is 9.26. The minimum atomic E-state index is 0.0947. The molecule has 0 aliphatic rings. The molecule has 2 unspecified atom stereocenters. The Morgan fingerprint density at radius 1 is 1.26 bits per heavy atom. The van der Waals surface area contributed by atoms with Crippen molar-refractivity contribution in [2.24, 2.45) is 5.92 Å². The van der Waals surface area contributed by atoms with Gasteiger partial charge in [-0.1, -0.05) is 32.4 Å². The molecule has 0 bridgehead atoms. The Kier molecular flexibility index (Phi) is 5.87. The lowest BCUT2D eigenvalue weighted by molar-refractivity contribution is -0.135. The number of carbonyl (C=O) groups excluding carboxylic acids is 1. The summed E-state index contributed by atoms with van der Waals surface area (Å²) in [5.41, 5.74) is 1.13. The Morgan fingerprint density at radius 2 is 1.84 bits per heavy atom. The van der Waals surface area contributed by atoms with Crippen LogP contribution in [0.4, 0.5) is 0 Å². The van der Waals surface area contributed by atoms with Crippen molar-refractivity contribution in [1.29, 1.82) is 0 Å². The van der Waals surface area contributed by atoms with Gasteiger partial charge in [-0.3, -0.25) is 4.79 Å². The van der Waals surface area contributed by atoms with Crippen molar-refractivity contribution in [1.82, 2.24) is 4.90 Å². The highest BCUT2D eigenvalue weighted by molar-refractivity contribution is 5.78. The zero-order valence-electron chi connectivity index (χ0n) is 12.4. The number of benzene rings is 1. The second-order valence-corrected chi connectivity index (χ2v) is 5.36. The second-order valence-electron chi connectivity index (χ2n) is 5.36. The van der Waals surface area contributed by atoms with Crippen LogP contribution in [-0.4, -0.2) is 29.0 Å². The van der Waals surface area contributed by atoms with E-state index >= 15 is 0 Å². The molecule has 1 amide bonds. The number of likely N-dealkylation sites (N-methyl/N-ethyl adjacent to an activating group) is 1. The molecule has 0 heterocycles. The molecule has 106 valence electrons. The van der Waals surface area contributed by atoms with Gasteiger partial charge in [0.1, 0.15) is 5.75 Å². The van der Waals surface area contributed by atoms with Crippen LogP contribution < -0.4 is 0 Å². The summed E-state index contributed by atoms with van der Waals surface area (Å²) in [6.07, 6.45) is 2.78. The van der Waals surface area contributed by atoms with Gasteiger partial charge in [0.2, 0.25) is 5.91 Å². The van der Waals surface area contributed by atoms with Gasteiger partial charge in [-0.15, -0.1) is 0 Å². The second kappa shape index (κ2) is 7.17. The van der Waals surface area contributed by atoms with Crippen molar-refractivity contribution in [3.05, 3.63) is 29.8 Å². The van der Waals surface area contributed by atoms with E-state index in [9.17, 15) is 9.90 Å². The standard InChI is InChI=1S/C16H25NO2/c1-5-6-12(2)16(19)17(4)13(3)11-14-7-9-15(18)10-8-14/h7-10,12-13,18H,5-6,11H2,1-4H3. The highest BCUT2D eigenvalue weighted by atomic mass is 16.3. The fraction of sp³-hybridized carbons (Fsp3) is 0.562. The minimum Gasteiger partial charge on any atom is -0.508 e. The number of hydrogen-bond acceptors (Lipinski definition) is 2. The van der Waals surface area contributed by atoms with E-state index in [1.54, 1.807) is 12.1 Å². The number of phenolic OH excluding ortho intramolecular Hbond substituents is 1. The Bertz CT molecular complexity index is 400. The SMILES string of the molecule is CCCC(C)C(=O)N(C)C(C)Cc1ccc(O)cc1. The fourth-order valence-corrected chi connectivity index (χ4v) is 2.23. The van der Waals surface area contributed by atoms with Crippen LogP contribution >= 0.6 is 0 Å². The van der Waals surface area contributed by atoms with E-state index in [0.29, 0.717) is 0 Å². The molecule has 0 saturated heterocycles.